The number of hydrogen-bond donors (Lipinski definition) is 0. The average Bonchev–Trinajstić information content (AvgIpc) is 2.92. The monoisotopic (exact) mass is 318 g/mol. The molecule has 0 saturated heterocycles. The van der Waals surface area contributed by atoms with Crippen LogP contribution >= 0.6 is 0 Å². The minimum Gasteiger partial charge on any atom is -0.465 e. The minimum absolute atomic E-state index is 0.219. The van der Waals surface area contributed by atoms with Gasteiger partial charge in [-0.15, -0.1) is 0 Å². The average molecular weight is 318 g/mol. The lowest BCUT2D eigenvalue weighted by molar-refractivity contribution is 0.0601. The van der Waals surface area contributed by atoms with Crippen LogP contribution in [-0.2, 0) is 10.3 Å². The number of fused-ring (bicyclic) bond motifs is 1. The fourth-order valence-electron chi connectivity index (χ4n) is 2.92. The SMILES string of the molecule is [B]c1ccc2c(c1)nc(-c1ccccc1C(=O)OC)n2C(C)(C)C. The Bertz CT molecular complexity index is 923. The van der Waals surface area contributed by atoms with E-state index in [0.717, 1.165) is 22.4 Å². The zero-order valence-corrected chi connectivity index (χ0v) is 14.3. The van der Waals surface area contributed by atoms with Crippen LogP contribution in [0.4, 0.5) is 0 Å². The summed E-state index contributed by atoms with van der Waals surface area (Å²) in [5, 5.41) is 0. The maximum Gasteiger partial charge on any atom is 0.338 e. The van der Waals surface area contributed by atoms with Gasteiger partial charge in [-0.2, -0.15) is 0 Å². The second-order valence-corrected chi connectivity index (χ2v) is 6.73. The summed E-state index contributed by atoms with van der Waals surface area (Å²) in [6.45, 7) is 6.32. The molecule has 0 aliphatic rings. The zero-order valence-electron chi connectivity index (χ0n) is 14.3. The van der Waals surface area contributed by atoms with E-state index >= 15 is 0 Å². The highest BCUT2D eigenvalue weighted by molar-refractivity contribution is 6.33. The molecule has 0 aliphatic carbocycles. The number of hydrogen-bond acceptors (Lipinski definition) is 3. The Morgan fingerprint density at radius 3 is 2.54 bits per heavy atom. The van der Waals surface area contributed by atoms with Crippen LogP contribution in [0.15, 0.2) is 42.5 Å². The molecule has 0 N–H and O–H groups in total. The van der Waals surface area contributed by atoms with E-state index in [0.29, 0.717) is 11.0 Å². The summed E-state index contributed by atoms with van der Waals surface area (Å²) < 4.78 is 7.05. The van der Waals surface area contributed by atoms with Gasteiger partial charge >= 0.3 is 5.97 Å². The van der Waals surface area contributed by atoms with Crippen molar-refractivity contribution < 1.29 is 9.53 Å². The number of carbonyl (C=O) groups is 1. The maximum absolute atomic E-state index is 12.2. The number of ether oxygens (including phenoxy) is 1. The van der Waals surface area contributed by atoms with Gasteiger partial charge in [0.2, 0.25) is 0 Å². The maximum atomic E-state index is 12.2. The molecule has 0 fully saturated rings. The molecule has 0 saturated carbocycles. The molecule has 3 aromatic rings. The van der Waals surface area contributed by atoms with Gasteiger partial charge < -0.3 is 9.30 Å². The molecule has 2 radical (unpaired) electrons. The fourth-order valence-corrected chi connectivity index (χ4v) is 2.92. The molecule has 0 amide bonds. The van der Waals surface area contributed by atoms with Crippen molar-refractivity contribution in [3.05, 3.63) is 48.0 Å². The predicted molar refractivity (Wildman–Crippen MR) is 96.9 cm³/mol. The quantitative estimate of drug-likeness (QED) is 0.539. The lowest BCUT2D eigenvalue weighted by Crippen LogP contribution is -2.23. The minimum atomic E-state index is -0.377. The van der Waals surface area contributed by atoms with Crippen LogP contribution in [0.3, 0.4) is 0 Å². The first-order valence-electron chi connectivity index (χ1n) is 7.79. The predicted octanol–water partition coefficient (Wildman–Crippen LogP) is 3.04. The molecule has 0 atom stereocenters. The zero-order chi connectivity index (χ0) is 17.5. The summed E-state index contributed by atoms with van der Waals surface area (Å²) in [6.07, 6.45) is 0. The number of aromatic nitrogens is 2. The van der Waals surface area contributed by atoms with Crippen LogP contribution in [-0.4, -0.2) is 30.5 Å². The van der Waals surface area contributed by atoms with Gasteiger partial charge in [-0.05, 0) is 39.0 Å². The van der Waals surface area contributed by atoms with Gasteiger partial charge in [0, 0.05) is 11.1 Å². The van der Waals surface area contributed by atoms with Crippen LogP contribution < -0.4 is 5.46 Å². The lowest BCUT2D eigenvalue weighted by atomic mass is 9.96. The second-order valence-electron chi connectivity index (χ2n) is 6.73. The molecule has 2 aromatic carbocycles. The third kappa shape index (κ3) is 2.71. The van der Waals surface area contributed by atoms with Crippen molar-refractivity contribution in [1.82, 2.24) is 9.55 Å². The Labute approximate surface area is 142 Å². The second kappa shape index (κ2) is 5.82. The summed E-state index contributed by atoms with van der Waals surface area (Å²) in [5.41, 5.74) is 3.46. The van der Waals surface area contributed by atoms with E-state index in [4.69, 9.17) is 17.6 Å². The summed E-state index contributed by atoms with van der Waals surface area (Å²) in [5.74, 6) is 0.349. The number of carbonyl (C=O) groups excluding carboxylic acids is 1. The Hall–Kier alpha value is -2.56. The van der Waals surface area contributed by atoms with Gasteiger partial charge in [0.15, 0.2) is 0 Å². The van der Waals surface area contributed by atoms with Gasteiger partial charge in [0.1, 0.15) is 13.7 Å². The van der Waals surface area contributed by atoms with E-state index in [9.17, 15) is 4.79 Å². The summed E-state index contributed by atoms with van der Waals surface area (Å²) >= 11 is 0. The van der Waals surface area contributed by atoms with Gasteiger partial charge in [0.25, 0.3) is 0 Å². The number of methoxy groups -OCH3 is 1. The molecule has 24 heavy (non-hydrogen) atoms. The molecule has 1 aromatic heterocycles. The standard InChI is InChI=1S/C19H19BN2O2/c1-19(2,3)22-16-10-9-12(20)11-15(16)21-17(22)13-7-5-6-8-14(13)18(23)24-4/h5-11H,1-4H3. The third-order valence-corrected chi connectivity index (χ3v) is 3.92. The number of imidazole rings is 1. The fraction of sp³-hybridized carbons (Fsp3) is 0.263. The van der Waals surface area contributed by atoms with Crippen LogP contribution in [0.5, 0.6) is 0 Å². The molecular formula is C19H19BN2O2. The Morgan fingerprint density at radius 2 is 1.88 bits per heavy atom. The van der Waals surface area contributed by atoms with E-state index in [1.54, 1.807) is 6.07 Å². The topological polar surface area (TPSA) is 44.1 Å². The van der Waals surface area contributed by atoms with Crippen molar-refractivity contribution in [3.63, 3.8) is 0 Å². The number of esters is 1. The number of rotatable bonds is 2. The molecule has 0 unspecified atom stereocenters. The highest BCUT2D eigenvalue weighted by Crippen LogP contribution is 2.32. The molecule has 4 nitrogen and oxygen atoms in total. The first kappa shape index (κ1) is 16.3. The normalized spacial score (nSPS) is 11.7. The van der Waals surface area contributed by atoms with E-state index in [1.807, 2.05) is 36.4 Å². The van der Waals surface area contributed by atoms with Gasteiger partial charge in [-0.25, -0.2) is 9.78 Å². The van der Waals surface area contributed by atoms with Crippen molar-refractivity contribution in [1.29, 1.82) is 0 Å². The van der Waals surface area contributed by atoms with Crippen LogP contribution in [0.2, 0.25) is 0 Å². The Balaban J connectivity index is 2.37. The van der Waals surface area contributed by atoms with Gasteiger partial charge in [0.05, 0.1) is 23.7 Å². The van der Waals surface area contributed by atoms with Crippen molar-refractivity contribution in [3.8, 4) is 11.4 Å². The lowest BCUT2D eigenvalue weighted by Gasteiger charge is -2.25. The first-order chi connectivity index (χ1) is 11.3. The molecule has 3 rings (SSSR count). The van der Waals surface area contributed by atoms with E-state index in [2.05, 4.69) is 25.3 Å². The highest BCUT2D eigenvalue weighted by atomic mass is 16.5. The van der Waals surface area contributed by atoms with Crippen LogP contribution in [0.1, 0.15) is 31.1 Å². The van der Waals surface area contributed by atoms with Crippen molar-refractivity contribution in [2.45, 2.75) is 26.3 Å². The Kier molecular flexibility index (Phi) is 3.95. The van der Waals surface area contributed by atoms with E-state index in [1.165, 1.54) is 7.11 Å². The van der Waals surface area contributed by atoms with Crippen LogP contribution in [0, 0.1) is 0 Å². The number of nitrogens with zero attached hydrogens (tertiary/aromatic N) is 2. The molecule has 1 heterocycles. The van der Waals surface area contributed by atoms with Gasteiger partial charge in [-0.1, -0.05) is 29.7 Å². The third-order valence-electron chi connectivity index (χ3n) is 3.92. The van der Waals surface area contributed by atoms with Crippen LogP contribution in [0.25, 0.3) is 22.4 Å². The van der Waals surface area contributed by atoms with Gasteiger partial charge in [-0.3, -0.25) is 0 Å². The smallest absolute Gasteiger partial charge is 0.338 e. The summed E-state index contributed by atoms with van der Waals surface area (Å²) in [6, 6.07) is 13.0. The molecule has 0 bridgehead atoms. The van der Waals surface area contributed by atoms with Crippen molar-refractivity contribution in [2.24, 2.45) is 0 Å². The highest BCUT2D eigenvalue weighted by Gasteiger charge is 2.25. The largest absolute Gasteiger partial charge is 0.465 e. The van der Waals surface area contributed by atoms with Crippen molar-refractivity contribution >= 4 is 30.3 Å². The van der Waals surface area contributed by atoms with Crippen molar-refractivity contribution in [2.75, 3.05) is 7.11 Å². The number of benzene rings is 2. The molecule has 0 aliphatic heterocycles. The summed E-state index contributed by atoms with van der Waals surface area (Å²) in [7, 11) is 7.29. The van der Waals surface area contributed by atoms with E-state index in [-0.39, 0.29) is 11.5 Å². The van der Waals surface area contributed by atoms with E-state index < -0.39 is 0 Å². The molecule has 120 valence electrons. The Morgan fingerprint density at radius 1 is 1.17 bits per heavy atom. The molecule has 5 heteroatoms. The molecule has 0 spiro atoms. The molecular weight excluding hydrogens is 299 g/mol. The first-order valence-corrected chi connectivity index (χ1v) is 7.79. The summed E-state index contributed by atoms with van der Waals surface area (Å²) in [4.78, 5) is 16.9.